The van der Waals surface area contributed by atoms with Crippen LogP contribution in [0.4, 0.5) is 0 Å². The molecule has 1 amide bonds. The van der Waals surface area contributed by atoms with Crippen molar-refractivity contribution in [3.05, 3.63) is 36.5 Å². The van der Waals surface area contributed by atoms with Gasteiger partial charge in [0, 0.05) is 6.42 Å². The van der Waals surface area contributed by atoms with E-state index in [4.69, 9.17) is 9.05 Å². The number of unbranched alkanes of at least 4 members (excludes halogenated alkanes) is 36. The predicted octanol–water partition coefficient (Wildman–Crippen LogP) is 17.4. The molecule has 0 fully saturated rings. The van der Waals surface area contributed by atoms with Crippen molar-refractivity contribution in [2.24, 2.45) is 0 Å². The number of nitrogens with one attached hydrogen (secondary N) is 1. The SMILES string of the molecule is CCCCCCCCCC/C=C/CC/C=C/C(O)C(COP(=O)(O)OCC[N+](C)(C)C)NC(=O)CCCCCCCCCCCCCCCCC/C=C\CCCCCCCCCCCCCC. The van der Waals surface area contributed by atoms with Gasteiger partial charge in [-0.1, -0.05) is 249 Å². The Bertz CT molecular complexity index is 1190. The molecule has 0 rings (SSSR count). The van der Waals surface area contributed by atoms with Gasteiger partial charge in [-0.15, -0.1) is 0 Å². The Morgan fingerprint density at radius 1 is 0.493 bits per heavy atom. The van der Waals surface area contributed by atoms with Crippen LogP contribution in [0.2, 0.25) is 0 Å². The molecule has 3 atom stereocenters. The third kappa shape index (κ3) is 52.4. The van der Waals surface area contributed by atoms with Crippen LogP contribution in [0.25, 0.3) is 0 Å². The minimum Gasteiger partial charge on any atom is -0.387 e. The maximum atomic E-state index is 12.9. The van der Waals surface area contributed by atoms with Gasteiger partial charge in [-0.3, -0.25) is 13.8 Å². The Morgan fingerprint density at radius 3 is 1.19 bits per heavy atom. The lowest BCUT2D eigenvalue weighted by molar-refractivity contribution is -0.870. The highest BCUT2D eigenvalue weighted by molar-refractivity contribution is 7.47. The van der Waals surface area contributed by atoms with Crippen LogP contribution in [0.3, 0.4) is 0 Å². The van der Waals surface area contributed by atoms with Crippen LogP contribution >= 0.6 is 7.82 Å². The van der Waals surface area contributed by atoms with Gasteiger partial charge < -0.3 is 19.8 Å². The van der Waals surface area contributed by atoms with E-state index in [0.29, 0.717) is 17.4 Å². The second kappa shape index (κ2) is 49.7. The Hall–Kier alpha value is -1.28. The van der Waals surface area contributed by atoms with Crippen molar-refractivity contribution < 1.29 is 32.9 Å². The fourth-order valence-corrected chi connectivity index (χ4v) is 9.26. The molecule has 0 heterocycles. The highest BCUT2D eigenvalue weighted by atomic mass is 31.2. The number of aliphatic hydroxyl groups is 1. The summed E-state index contributed by atoms with van der Waals surface area (Å²) in [6.07, 6.45) is 64.1. The largest absolute Gasteiger partial charge is 0.472 e. The summed E-state index contributed by atoms with van der Waals surface area (Å²) in [4.78, 5) is 23.2. The van der Waals surface area contributed by atoms with Crippen LogP contribution in [0.15, 0.2) is 36.5 Å². The number of hydrogen-bond donors (Lipinski definition) is 3. The molecule has 3 unspecified atom stereocenters. The van der Waals surface area contributed by atoms with Gasteiger partial charge in [-0.25, -0.2) is 4.57 Å². The van der Waals surface area contributed by atoms with Gasteiger partial charge in [0.25, 0.3) is 0 Å². The molecule has 9 heteroatoms. The van der Waals surface area contributed by atoms with Crippen molar-refractivity contribution >= 4 is 13.7 Å². The van der Waals surface area contributed by atoms with Gasteiger partial charge in [0.2, 0.25) is 5.91 Å². The number of phosphoric ester groups is 1. The van der Waals surface area contributed by atoms with Gasteiger partial charge >= 0.3 is 7.82 Å². The molecule has 396 valence electrons. The van der Waals surface area contributed by atoms with Crippen molar-refractivity contribution in [2.45, 2.75) is 289 Å². The number of hydrogen-bond acceptors (Lipinski definition) is 5. The Morgan fingerprint density at radius 2 is 0.821 bits per heavy atom. The molecule has 0 bridgehead atoms. The van der Waals surface area contributed by atoms with Gasteiger partial charge in [0.15, 0.2) is 0 Å². The van der Waals surface area contributed by atoms with Crippen molar-refractivity contribution in [1.29, 1.82) is 0 Å². The summed E-state index contributed by atoms with van der Waals surface area (Å²) >= 11 is 0. The van der Waals surface area contributed by atoms with Gasteiger partial charge in [0.05, 0.1) is 39.9 Å². The zero-order chi connectivity index (χ0) is 49.2. The topological polar surface area (TPSA) is 105 Å². The molecule has 0 saturated heterocycles. The van der Waals surface area contributed by atoms with Crippen molar-refractivity contribution in [3.8, 4) is 0 Å². The van der Waals surface area contributed by atoms with Crippen molar-refractivity contribution in [3.63, 3.8) is 0 Å². The maximum Gasteiger partial charge on any atom is 0.472 e. The average Bonchev–Trinajstić information content (AvgIpc) is 3.29. The van der Waals surface area contributed by atoms with E-state index in [1.54, 1.807) is 6.08 Å². The van der Waals surface area contributed by atoms with Crippen LogP contribution in [-0.4, -0.2) is 73.4 Å². The minimum absolute atomic E-state index is 0.0571. The number of carbonyl (C=O) groups excluding carboxylic acids is 1. The summed E-state index contributed by atoms with van der Waals surface area (Å²) in [7, 11) is 1.56. The van der Waals surface area contributed by atoms with Crippen LogP contribution in [-0.2, 0) is 18.4 Å². The molecule has 8 nitrogen and oxygen atoms in total. The molecule has 0 radical (unpaired) electrons. The standard InChI is InChI=1S/C58H113N2O6P/c1-6-8-10-12-14-16-18-20-22-23-24-25-26-27-28-29-30-31-32-33-34-35-36-37-38-40-42-44-46-48-50-52-58(62)59-56(55-66-67(63,64)65-54-53-60(3,4)5)57(61)51-49-47-45-43-41-39-21-19-17-15-13-11-9-7-2/h27-28,41,43,49,51,56-57,61H,6-26,29-40,42,44-48,50,52-55H2,1-5H3,(H-,59,62,63,64)/p+1/b28-27-,43-41+,51-49+. The quantitative estimate of drug-likeness (QED) is 0.0243. The average molecular weight is 967 g/mol. The number of likely N-dealkylation sites (N-methyl/N-ethyl adjacent to an activating group) is 1. The van der Waals surface area contributed by atoms with Crippen LogP contribution in [0, 0.1) is 0 Å². The van der Waals surface area contributed by atoms with Crippen LogP contribution in [0.5, 0.6) is 0 Å². The Labute approximate surface area is 417 Å². The summed E-state index contributed by atoms with van der Waals surface area (Å²) in [6, 6.07) is -0.861. The third-order valence-electron chi connectivity index (χ3n) is 13.1. The molecule has 67 heavy (non-hydrogen) atoms. The molecular formula is C58H114N2O6P+. The number of carbonyl (C=O) groups is 1. The first-order valence-electron chi connectivity index (χ1n) is 28.9. The second-order valence-corrected chi connectivity index (χ2v) is 22.5. The van der Waals surface area contributed by atoms with E-state index in [9.17, 15) is 19.4 Å². The number of phosphoric acid groups is 1. The summed E-state index contributed by atoms with van der Waals surface area (Å²) in [5.74, 6) is -0.184. The number of allylic oxidation sites excluding steroid dienone is 5. The van der Waals surface area contributed by atoms with E-state index < -0.39 is 20.0 Å². The third-order valence-corrected chi connectivity index (χ3v) is 14.1. The zero-order valence-electron chi connectivity index (χ0n) is 45.2. The number of nitrogens with zero attached hydrogens (tertiary/aromatic N) is 1. The summed E-state index contributed by atoms with van der Waals surface area (Å²) in [5, 5.41) is 13.9. The van der Waals surface area contributed by atoms with Gasteiger partial charge in [0.1, 0.15) is 13.2 Å². The minimum atomic E-state index is -4.35. The molecule has 0 saturated carbocycles. The van der Waals surface area contributed by atoms with E-state index in [2.05, 4.69) is 43.5 Å². The molecule has 0 aliphatic heterocycles. The molecule has 3 N–H and O–H groups in total. The second-order valence-electron chi connectivity index (χ2n) is 21.0. The van der Waals surface area contributed by atoms with Crippen LogP contribution in [0.1, 0.15) is 277 Å². The van der Waals surface area contributed by atoms with E-state index in [1.807, 2.05) is 27.2 Å². The zero-order valence-corrected chi connectivity index (χ0v) is 46.0. The number of aliphatic hydroxyl groups excluding tert-OH is 1. The lowest BCUT2D eigenvalue weighted by Gasteiger charge is -2.25. The van der Waals surface area contributed by atoms with E-state index in [1.165, 1.54) is 218 Å². The summed E-state index contributed by atoms with van der Waals surface area (Å²) in [5.41, 5.74) is 0. The molecule has 0 aromatic carbocycles. The van der Waals surface area contributed by atoms with Crippen LogP contribution < -0.4 is 5.32 Å². The fraction of sp³-hybridized carbons (Fsp3) is 0.879. The highest BCUT2D eigenvalue weighted by Gasteiger charge is 2.27. The molecular weight excluding hydrogens is 852 g/mol. The van der Waals surface area contributed by atoms with E-state index >= 15 is 0 Å². The molecule has 0 aliphatic carbocycles. The number of amides is 1. The number of quaternary nitrogens is 1. The molecule has 0 spiro atoms. The fourth-order valence-electron chi connectivity index (χ4n) is 8.53. The first kappa shape index (κ1) is 65.7. The lowest BCUT2D eigenvalue weighted by Crippen LogP contribution is -2.45. The van der Waals surface area contributed by atoms with Crippen molar-refractivity contribution in [1.82, 2.24) is 5.32 Å². The first-order chi connectivity index (χ1) is 32.5. The first-order valence-corrected chi connectivity index (χ1v) is 30.4. The van der Waals surface area contributed by atoms with Gasteiger partial charge in [-0.05, 0) is 57.8 Å². The van der Waals surface area contributed by atoms with E-state index in [-0.39, 0.29) is 19.1 Å². The van der Waals surface area contributed by atoms with E-state index in [0.717, 1.165) is 38.5 Å². The van der Waals surface area contributed by atoms with Gasteiger partial charge in [-0.2, -0.15) is 0 Å². The molecule has 0 aromatic rings. The Kier molecular flexibility index (Phi) is 48.7. The smallest absolute Gasteiger partial charge is 0.387 e. The number of rotatable bonds is 53. The summed E-state index contributed by atoms with van der Waals surface area (Å²) in [6.45, 7) is 4.81. The normalized spacial score (nSPS) is 14.2. The monoisotopic (exact) mass is 966 g/mol. The maximum absolute atomic E-state index is 12.9. The summed E-state index contributed by atoms with van der Waals surface area (Å²) < 4.78 is 23.6. The predicted molar refractivity (Wildman–Crippen MR) is 291 cm³/mol. The molecule has 0 aliphatic rings. The Balaban J connectivity index is 4.07. The molecule has 0 aromatic heterocycles. The highest BCUT2D eigenvalue weighted by Crippen LogP contribution is 2.43. The lowest BCUT2D eigenvalue weighted by atomic mass is 10.0. The van der Waals surface area contributed by atoms with Crippen molar-refractivity contribution in [2.75, 3.05) is 40.9 Å².